The largest absolute Gasteiger partial charge is 0.381 e. The molecule has 1 aromatic heterocycles. The quantitative estimate of drug-likeness (QED) is 0.578. The number of aromatic nitrogens is 2. The van der Waals surface area contributed by atoms with E-state index in [0.717, 1.165) is 34.9 Å². The zero-order valence-electron chi connectivity index (χ0n) is 11.2. The van der Waals surface area contributed by atoms with Crippen LogP contribution in [0.25, 0.3) is 0 Å². The lowest BCUT2D eigenvalue weighted by molar-refractivity contribution is -0.100. The first-order valence-corrected chi connectivity index (χ1v) is 7.94. The summed E-state index contributed by atoms with van der Waals surface area (Å²) in [5.41, 5.74) is 0.565. The molecule has 1 aliphatic heterocycles. The first kappa shape index (κ1) is 15.4. The second-order valence-electron chi connectivity index (χ2n) is 4.66. The first-order valence-electron chi connectivity index (χ1n) is 6.48. The molecule has 2 rings (SSSR count). The van der Waals surface area contributed by atoms with Crippen molar-refractivity contribution in [2.75, 3.05) is 20.3 Å². The predicted octanol–water partition coefficient (Wildman–Crippen LogP) is 3.34. The Labute approximate surface area is 132 Å². The summed E-state index contributed by atoms with van der Waals surface area (Å²) in [5, 5.41) is 0.525. The Bertz CT molecular complexity index is 451. The van der Waals surface area contributed by atoms with Gasteiger partial charge in [-0.2, -0.15) is 0 Å². The molecule has 0 N–H and O–H groups in total. The summed E-state index contributed by atoms with van der Waals surface area (Å²) in [7, 11) is 1.71. The molecular weight excluding hydrogens is 379 g/mol. The molecule has 0 spiro atoms. The van der Waals surface area contributed by atoms with Crippen molar-refractivity contribution in [2.45, 2.75) is 38.2 Å². The van der Waals surface area contributed by atoms with Gasteiger partial charge in [-0.25, -0.2) is 9.97 Å². The molecule has 1 saturated heterocycles. The van der Waals surface area contributed by atoms with E-state index in [2.05, 4.69) is 34.5 Å². The highest BCUT2D eigenvalue weighted by atomic mass is 127. The second kappa shape index (κ2) is 6.65. The average Bonchev–Trinajstić information content (AvgIpc) is 2.44. The lowest BCUT2D eigenvalue weighted by atomic mass is 9.93. The van der Waals surface area contributed by atoms with Gasteiger partial charge >= 0.3 is 0 Å². The lowest BCUT2D eigenvalue weighted by Crippen LogP contribution is -2.37. The van der Waals surface area contributed by atoms with Gasteiger partial charge in [-0.15, -0.1) is 0 Å². The maximum absolute atomic E-state index is 6.25. The van der Waals surface area contributed by atoms with Crippen molar-refractivity contribution in [3.8, 4) is 0 Å². The smallest absolute Gasteiger partial charge is 0.162 e. The molecule has 6 heteroatoms. The van der Waals surface area contributed by atoms with E-state index in [1.165, 1.54) is 0 Å². The Balaban J connectivity index is 2.42. The molecule has 0 atom stereocenters. The van der Waals surface area contributed by atoms with Crippen molar-refractivity contribution in [3.63, 3.8) is 0 Å². The van der Waals surface area contributed by atoms with E-state index in [4.69, 9.17) is 26.1 Å². The minimum absolute atomic E-state index is 0.450. The van der Waals surface area contributed by atoms with Crippen LogP contribution in [0.4, 0.5) is 0 Å². The fourth-order valence-electron chi connectivity index (χ4n) is 2.29. The van der Waals surface area contributed by atoms with E-state index in [0.29, 0.717) is 24.2 Å². The van der Waals surface area contributed by atoms with E-state index in [1.54, 1.807) is 7.11 Å². The summed E-state index contributed by atoms with van der Waals surface area (Å²) in [4.78, 5) is 9.15. The summed E-state index contributed by atoms with van der Waals surface area (Å²) in [5.74, 6) is 0.701. The number of hydrogen-bond donors (Lipinski definition) is 0. The van der Waals surface area contributed by atoms with Gasteiger partial charge in [0.25, 0.3) is 0 Å². The molecule has 0 bridgehead atoms. The first-order chi connectivity index (χ1) is 9.13. The summed E-state index contributed by atoms with van der Waals surface area (Å²) in [6.45, 7) is 3.47. The van der Waals surface area contributed by atoms with E-state index >= 15 is 0 Å². The number of hydrogen-bond acceptors (Lipinski definition) is 4. The molecule has 1 aromatic rings. The molecule has 0 radical (unpaired) electrons. The number of nitrogens with zero attached hydrogens (tertiary/aromatic N) is 2. The molecule has 1 aliphatic rings. The van der Waals surface area contributed by atoms with Crippen molar-refractivity contribution in [3.05, 3.63) is 20.2 Å². The standard InChI is InChI=1S/C13H18ClIN2O2/c1-3-4-9-10(15)11(14)17-12(16-9)13(18-2)5-7-19-8-6-13/h3-8H2,1-2H3. The van der Waals surface area contributed by atoms with Crippen LogP contribution in [0.2, 0.25) is 5.15 Å². The Morgan fingerprint density at radius 2 is 2.05 bits per heavy atom. The fourth-order valence-corrected chi connectivity index (χ4v) is 2.99. The highest BCUT2D eigenvalue weighted by Gasteiger charge is 2.38. The van der Waals surface area contributed by atoms with Crippen LogP contribution in [0, 0.1) is 3.57 Å². The van der Waals surface area contributed by atoms with Gasteiger partial charge in [0, 0.05) is 33.2 Å². The van der Waals surface area contributed by atoms with Gasteiger partial charge in [-0.05, 0) is 29.0 Å². The van der Waals surface area contributed by atoms with E-state index in [1.807, 2.05) is 0 Å². The van der Waals surface area contributed by atoms with Gasteiger partial charge in [0.15, 0.2) is 5.82 Å². The van der Waals surface area contributed by atoms with Crippen molar-refractivity contribution < 1.29 is 9.47 Å². The molecule has 2 heterocycles. The highest BCUT2D eigenvalue weighted by molar-refractivity contribution is 14.1. The van der Waals surface area contributed by atoms with Crippen LogP contribution in [-0.4, -0.2) is 30.3 Å². The summed E-state index contributed by atoms with van der Waals surface area (Å²) >= 11 is 8.46. The summed E-state index contributed by atoms with van der Waals surface area (Å²) < 4.78 is 12.1. The molecule has 0 aliphatic carbocycles. The minimum atomic E-state index is -0.450. The summed E-state index contributed by atoms with van der Waals surface area (Å²) in [6, 6.07) is 0. The Morgan fingerprint density at radius 1 is 1.37 bits per heavy atom. The Kier molecular flexibility index (Phi) is 5.39. The van der Waals surface area contributed by atoms with Gasteiger partial charge in [-0.3, -0.25) is 0 Å². The van der Waals surface area contributed by atoms with Crippen LogP contribution in [0.3, 0.4) is 0 Å². The van der Waals surface area contributed by atoms with Crippen molar-refractivity contribution in [1.29, 1.82) is 0 Å². The molecular formula is C13H18ClIN2O2. The van der Waals surface area contributed by atoms with Gasteiger partial charge in [0.1, 0.15) is 10.8 Å². The molecule has 0 aromatic carbocycles. The van der Waals surface area contributed by atoms with E-state index in [-0.39, 0.29) is 0 Å². The molecule has 1 fully saturated rings. The van der Waals surface area contributed by atoms with Crippen LogP contribution in [0.1, 0.15) is 37.7 Å². The normalized spacial score (nSPS) is 18.5. The maximum atomic E-state index is 6.25. The van der Waals surface area contributed by atoms with Crippen LogP contribution < -0.4 is 0 Å². The maximum Gasteiger partial charge on any atom is 0.162 e. The lowest BCUT2D eigenvalue weighted by Gasteiger charge is -2.34. The topological polar surface area (TPSA) is 44.2 Å². The number of methoxy groups -OCH3 is 1. The van der Waals surface area contributed by atoms with Crippen LogP contribution in [0.5, 0.6) is 0 Å². The zero-order valence-corrected chi connectivity index (χ0v) is 14.1. The highest BCUT2D eigenvalue weighted by Crippen LogP contribution is 2.35. The SMILES string of the molecule is CCCc1nc(C2(OC)CCOCC2)nc(Cl)c1I. The van der Waals surface area contributed by atoms with Crippen LogP contribution in [-0.2, 0) is 21.5 Å². The van der Waals surface area contributed by atoms with Crippen LogP contribution in [0.15, 0.2) is 0 Å². The summed E-state index contributed by atoms with van der Waals surface area (Å²) in [6.07, 6.45) is 3.48. The molecule has 19 heavy (non-hydrogen) atoms. The fraction of sp³-hybridized carbons (Fsp3) is 0.692. The number of rotatable bonds is 4. The molecule has 4 nitrogen and oxygen atoms in total. The third kappa shape index (κ3) is 3.20. The monoisotopic (exact) mass is 396 g/mol. The predicted molar refractivity (Wildman–Crippen MR) is 82.5 cm³/mol. The molecule has 0 unspecified atom stereocenters. The average molecular weight is 397 g/mol. The van der Waals surface area contributed by atoms with E-state index < -0.39 is 5.60 Å². The van der Waals surface area contributed by atoms with Gasteiger partial charge < -0.3 is 9.47 Å². The van der Waals surface area contributed by atoms with Crippen molar-refractivity contribution in [1.82, 2.24) is 9.97 Å². The minimum Gasteiger partial charge on any atom is -0.381 e. The van der Waals surface area contributed by atoms with Crippen molar-refractivity contribution >= 4 is 34.2 Å². The van der Waals surface area contributed by atoms with Gasteiger partial charge in [0.2, 0.25) is 0 Å². The van der Waals surface area contributed by atoms with Crippen LogP contribution >= 0.6 is 34.2 Å². The zero-order chi connectivity index (χ0) is 13.9. The third-order valence-electron chi connectivity index (χ3n) is 3.46. The number of aryl methyl sites for hydroxylation is 1. The van der Waals surface area contributed by atoms with E-state index in [9.17, 15) is 0 Å². The Morgan fingerprint density at radius 3 is 2.63 bits per heavy atom. The molecule has 0 amide bonds. The Hall–Kier alpha value is 0.0200. The molecule has 0 saturated carbocycles. The second-order valence-corrected chi connectivity index (χ2v) is 6.10. The van der Waals surface area contributed by atoms with Gasteiger partial charge in [-0.1, -0.05) is 24.9 Å². The van der Waals surface area contributed by atoms with Crippen molar-refractivity contribution in [2.24, 2.45) is 0 Å². The number of halogens is 2. The van der Waals surface area contributed by atoms with Gasteiger partial charge in [0.05, 0.1) is 9.26 Å². The molecule has 106 valence electrons. The number of ether oxygens (including phenoxy) is 2. The third-order valence-corrected chi connectivity index (χ3v) is 5.19.